The number of carbonyl (C=O) groups excluding carboxylic acids is 1. The first-order valence-corrected chi connectivity index (χ1v) is 17.7. The molecule has 221 valence electrons. The average Bonchev–Trinajstić information content (AvgIpc) is 2.91. The van der Waals surface area contributed by atoms with Gasteiger partial charge in [-0.3, -0.25) is 4.79 Å². The van der Waals surface area contributed by atoms with Crippen LogP contribution in [0.5, 0.6) is 0 Å². The average molecular weight is 520 g/mol. The van der Waals surface area contributed by atoms with Gasteiger partial charge in [-0.25, -0.2) is 0 Å². The minimum atomic E-state index is 0.212. The van der Waals surface area contributed by atoms with Crippen LogP contribution in [0, 0.1) is 5.92 Å². The van der Waals surface area contributed by atoms with Crippen LogP contribution in [0.2, 0.25) is 0 Å². The van der Waals surface area contributed by atoms with Gasteiger partial charge in [0.15, 0.2) is 0 Å². The van der Waals surface area contributed by atoms with Gasteiger partial charge in [-0.05, 0) is 12.8 Å². The molecule has 0 heterocycles. The zero-order valence-corrected chi connectivity index (χ0v) is 26.1. The summed E-state index contributed by atoms with van der Waals surface area (Å²) in [5, 5.41) is 0. The van der Waals surface area contributed by atoms with Crippen LogP contribution in [0.15, 0.2) is 0 Å². The number of rotatable bonds is 33. The molecule has 0 aromatic carbocycles. The topological polar surface area (TPSA) is 17.1 Å². The molecule has 0 aliphatic rings. The maximum atomic E-state index is 11.3. The van der Waals surface area contributed by atoms with Crippen LogP contribution >= 0.6 is 0 Å². The fourth-order valence-corrected chi connectivity index (χ4v) is 5.79. The second kappa shape index (κ2) is 33.7. The standard InChI is InChI=1S/C36H71O/c1-3-5-7-9-11-13-15-17-19-21-23-25-27-29-31-33-36(35-37)34-32-30-28-26-24-22-20-18-16-14-12-10-8-6-4-2/h36H,3-34H2,1-2H3. The summed E-state index contributed by atoms with van der Waals surface area (Å²) >= 11 is 0. The Morgan fingerprint density at radius 2 is 0.514 bits per heavy atom. The summed E-state index contributed by atoms with van der Waals surface area (Å²) in [6.45, 7) is 4.59. The van der Waals surface area contributed by atoms with Crippen molar-refractivity contribution in [3.05, 3.63) is 0 Å². The highest BCUT2D eigenvalue weighted by molar-refractivity contribution is 5.54. The van der Waals surface area contributed by atoms with Crippen LogP contribution in [0.3, 0.4) is 0 Å². The Balaban J connectivity index is 3.26. The van der Waals surface area contributed by atoms with Crippen molar-refractivity contribution in [1.29, 1.82) is 0 Å². The predicted octanol–water partition coefficient (Wildman–Crippen LogP) is 13.2. The lowest BCUT2D eigenvalue weighted by molar-refractivity contribution is 0.448. The molecular formula is C36H71O. The van der Waals surface area contributed by atoms with Gasteiger partial charge in [0, 0.05) is 5.92 Å². The van der Waals surface area contributed by atoms with Gasteiger partial charge in [-0.2, -0.15) is 0 Å². The zero-order valence-electron chi connectivity index (χ0n) is 26.1. The predicted molar refractivity (Wildman–Crippen MR) is 168 cm³/mol. The molecule has 0 N–H and O–H groups in total. The van der Waals surface area contributed by atoms with E-state index in [4.69, 9.17) is 0 Å². The van der Waals surface area contributed by atoms with Crippen LogP contribution in [0.1, 0.15) is 219 Å². The van der Waals surface area contributed by atoms with E-state index in [2.05, 4.69) is 20.1 Å². The van der Waals surface area contributed by atoms with Crippen molar-refractivity contribution in [2.75, 3.05) is 0 Å². The van der Waals surface area contributed by atoms with Crippen molar-refractivity contribution in [3.63, 3.8) is 0 Å². The van der Waals surface area contributed by atoms with E-state index in [0.29, 0.717) is 0 Å². The summed E-state index contributed by atoms with van der Waals surface area (Å²) in [6.07, 6.45) is 46.7. The second-order valence-electron chi connectivity index (χ2n) is 12.3. The van der Waals surface area contributed by atoms with E-state index in [1.165, 1.54) is 193 Å². The van der Waals surface area contributed by atoms with Gasteiger partial charge in [-0.15, -0.1) is 0 Å². The Kier molecular flexibility index (Phi) is 33.4. The molecule has 0 aromatic heterocycles. The Bertz CT molecular complexity index is 369. The highest BCUT2D eigenvalue weighted by Crippen LogP contribution is 2.19. The maximum Gasteiger partial charge on any atom is 0.201 e. The fourth-order valence-electron chi connectivity index (χ4n) is 5.79. The molecule has 0 bridgehead atoms. The normalized spacial score (nSPS) is 11.5. The van der Waals surface area contributed by atoms with Crippen molar-refractivity contribution in [1.82, 2.24) is 0 Å². The molecule has 0 fully saturated rings. The van der Waals surface area contributed by atoms with Gasteiger partial charge in [0.1, 0.15) is 0 Å². The Labute approximate surface area is 236 Å². The second-order valence-corrected chi connectivity index (χ2v) is 12.3. The minimum Gasteiger partial charge on any atom is -0.291 e. The smallest absolute Gasteiger partial charge is 0.201 e. The zero-order chi connectivity index (χ0) is 26.9. The third kappa shape index (κ3) is 31.8. The van der Waals surface area contributed by atoms with Gasteiger partial charge in [0.05, 0.1) is 0 Å². The maximum absolute atomic E-state index is 11.3. The molecule has 0 unspecified atom stereocenters. The van der Waals surface area contributed by atoms with Gasteiger partial charge >= 0.3 is 0 Å². The molecule has 0 rings (SSSR count). The van der Waals surface area contributed by atoms with Gasteiger partial charge in [0.25, 0.3) is 0 Å². The van der Waals surface area contributed by atoms with E-state index < -0.39 is 0 Å². The number of unbranched alkanes of at least 4 members (excludes halogenated alkanes) is 28. The van der Waals surface area contributed by atoms with Crippen LogP contribution in [0.25, 0.3) is 0 Å². The molecule has 1 heteroatoms. The van der Waals surface area contributed by atoms with Gasteiger partial charge in [-0.1, -0.05) is 206 Å². The highest BCUT2D eigenvalue weighted by atomic mass is 16.1. The highest BCUT2D eigenvalue weighted by Gasteiger charge is 2.08. The summed E-state index contributed by atoms with van der Waals surface area (Å²) in [4.78, 5) is 11.3. The Morgan fingerprint density at radius 3 is 0.703 bits per heavy atom. The Morgan fingerprint density at radius 1 is 0.324 bits per heavy atom. The van der Waals surface area contributed by atoms with E-state index in [-0.39, 0.29) is 5.92 Å². The van der Waals surface area contributed by atoms with Crippen molar-refractivity contribution in [2.24, 2.45) is 5.92 Å². The summed E-state index contributed by atoms with van der Waals surface area (Å²) in [5.41, 5.74) is 0. The molecule has 0 aliphatic heterocycles. The summed E-state index contributed by atoms with van der Waals surface area (Å²) in [5.74, 6) is 0.212. The molecule has 1 nitrogen and oxygen atoms in total. The molecule has 0 aromatic rings. The molecule has 0 spiro atoms. The lowest BCUT2D eigenvalue weighted by Crippen LogP contribution is -2.02. The first kappa shape index (κ1) is 36.7. The van der Waals surface area contributed by atoms with E-state index in [9.17, 15) is 4.79 Å². The van der Waals surface area contributed by atoms with Gasteiger partial charge in [0.2, 0.25) is 6.29 Å². The van der Waals surface area contributed by atoms with Crippen LogP contribution in [-0.2, 0) is 4.79 Å². The first-order chi connectivity index (χ1) is 18.3. The van der Waals surface area contributed by atoms with Crippen LogP contribution in [0.4, 0.5) is 0 Å². The lowest BCUT2D eigenvalue weighted by Gasteiger charge is -2.09. The lowest BCUT2D eigenvalue weighted by atomic mass is 9.95. The van der Waals surface area contributed by atoms with Gasteiger partial charge < -0.3 is 0 Å². The van der Waals surface area contributed by atoms with E-state index >= 15 is 0 Å². The van der Waals surface area contributed by atoms with Crippen LogP contribution in [-0.4, -0.2) is 6.29 Å². The number of hydrogen-bond donors (Lipinski definition) is 0. The quantitative estimate of drug-likeness (QED) is 0.0788. The minimum absolute atomic E-state index is 0.212. The first-order valence-electron chi connectivity index (χ1n) is 17.7. The molecule has 0 amide bonds. The SMILES string of the molecule is CCCCCCCCCCCCCCCCCC([C]=O)CCCCCCCCCCCCCCCCC. The molecule has 0 saturated carbocycles. The molecule has 37 heavy (non-hydrogen) atoms. The summed E-state index contributed by atoms with van der Waals surface area (Å²) in [7, 11) is 0. The fraction of sp³-hybridized carbons (Fsp3) is 0.972. The number of hydrogen-bond acceptors (Lipinski definition) is 1. The molecule has 1 radical (unpaired) electrons. The molecule has 0 aliphatic carbocycles. The van der Waals surface area contributed by atoms with Crippen molar-refractivity contribution in [3.8, 4) is 0 Å². The van der Waals surface area contributed by atoms with E-state index in [1.807, 2.05) is 0 Å². The summed E-state index contributed by atoms with van der Waals surface area (Å²) < 4.78 is 0. The molecule has 0 atom stereocenters. The van der Waals surface area contributed by atoms with E-state index in [1.54, 1.807) is 0 Å². The van der Waals surface area contributed by atoms with Crippen molar-refractivity contribution in [2.45, 2.75) is 219 Å². The monoisotopic (exact) mass is 520 g/mol. The van der Waals surface area contributed by atoms with E-state index in [0.717, 1.165) is 12.8 Å². The summed E-state index contributed by atoms with van der Waals surface area (Å²) in [6, 6.07) is 0. The third-order valence-electron chi connectivity index (χ3n) is 8.48. The molecular weight excluding hydrogens is 448 g/mol. The van der Waals surface area contributed by atoms with Crippen molar-refractivity contribution < 1.29 is 4.79 Å². The third-order valence-corrected chi connectivity index (χ3v) is 8.48. The van der Waals surface area contributed by atoms with Crippen molar-refractivity contribution >= 4 is 6.29 Å². The van der Waals surface area contributed by atoms with Crippen LogP contribution < -0.4 is 0 Å². The largest absolute Gasteiger partial charge is 0.291 e. The Hall–Kier alpha value is -0.330. The molecule has 0 saturated heterocycles.